The van der Waals surface area contributed by atoms with Crippen molar-refractivity contribution in [3.63, 3.8) is 0 Å². The number of rotatable bonds is 18. The molecule has 0 aliphatic heterocycles. The van der Waals surface area contributed by atoms with Crippen molar-refractivity contribution >= 4 is 95.3 Å². The van der Waals surface area contributed by atoms with Gasteiger partial charge in [0, 0.05) is 27.5 Å². The van der Waals surface area contributed by atoms with E-state index in [0.29, 0.717) is 29.0 Å². The number of azo groups is 2. The van der Waals surface area contributed by atoms with E-state index in [1.807, 2.05) is 6.11 Å². The van der Waals surface area contributed by atoms with Crippen molar-refractivity contribution in [2.24, 2.45) is 20.5 Å². The monoisotopic (exact) mass is 878 g/mol. The topological polar surface area (TPSA) is 324 Å². The SMILES string of the molecule is COc1ccc(SC#COOS(=O)(=O)O)cc1N=Nc1c(SOOO)cc2c(N=Nc3ccc(S(=O)(=O)CCN(C)C)cc3SOOO)c(N)ccc2c1O.O. The summed E-state index contributed by atoms with van der Waals surface area (Å²) < 4.78 is 73.7. The van der Waals surface area contributed by atoms with E-state index in [4.69, 9.17) is 25.5 Å². The number of aromatic hydroxyl groups is 1. The van der Waals surface area contributed by atoms with Crippen molar-refractivity contribution in [1.82, 2.24) is 4.90 Å². The van der Waals surface area contributed by atoms with Crippen LogP contribution in [-0.2, 0) is 48.2 Å². The molecule has 0 bridgehead atoms. The fourth-order valence-corrected chi connectivity index (χ4v) is 7.30. The Morgan fingerprint density at radius 1 is 0.839 bits per heavy atom. The van der Waals surface area contributed by atoms with E-state index >= 15 is 0 Å². The average molecular weight is 879 g/mol. The van der Waals surface area contributed by atoms with Crippen molar-refractivity contribution < 1.29 is 75.2 Å². The standard InChI is InChI=1S/C29H28N6O15S5.H2O/c1-35(2)10-13-54(39,40)18-5-8-22(25(15-18)52-48-46-37)31-33-27-20-16-26(53-49-47-38)28(29(36)19(20)6-7-21(27)30)34-32-23-14-17(4-9-24(23)44-3)51-12-11-45-50-55(41,42)43;/h4-9,14-16,36-38H,10,13,30H2,1-3H3,(H,41,42,43);1H2. The lowest BCUT2D eigenvalue weighted by molar-refractivity contribution is -0.432. The summed E-state index contributed by atoms with van der Waals surface area (Å²) in [6.07, 6.45) is 1.92. The second-order valence-corrected chi connectivity index (χ2v) is 16.0. The number of sulfone groups is 1. The molecule has 4 aromatic rings. The van der Waals surface area contributed by atoms with Gasteiger partial charge < -0.3 is 26.0 Å². The fraction of sp³-hybridized carbons (Fsp3) is 0.172. The van der Waals surface area contributed by atoms with Crippen LogP contribution in [0.15, 0.2) is 94.6 Å². The summed E-state index contributed by atoms with van der Waals surface area (Å²) >= 11 is 1.76. The minimum atomic E-state index is -4.86. The van der Waals surface area contributed by atoms with E-state index < -0.39 is 26.0 Å². The molecule has 0 fully saturated rings. The predicted octanol–water partition coefficient (Wildman–Crippen LogP) is 6.10. The van der Waals surface area contributed by atoms with Gasteiger partial charge in [0.2, 0.25) is 0 Å². The molecule has 0 atom stereocenters. The predicted molar refractivity (Wildman–Crippen MR) is 201 cm³/mol. The molecule has 0 unspecified atom stereocenters. The number of nitrogen functional groups attached to an aromatic ring is 1. The van der Waals surface area contributed by atoms with E-state index in [0.717, 1.165) is 11.8 Å². The summed E-state index contributed by atoms with van der Waals surface area (Å²) in [5, 5.41) is 56.2. The molecule has 4 aromatic carbocycles. The molecule has 56 heavy (non-hydrogen) atoms. The molecule has 0 aromatic heterocycles. The molecule has 302 valence electrons. The first-order chi connectivity index (χ1) is 26.2. The van der Waals surface area contributed by atoms with Crippen molar-refractivity contribution in [3.8, 4) is 22.9 Å². The number of thioether (sulfide) groups is 1. The number of hydrogen-bond donors (Lipinski definition) is 5. The number of fused-ring (bicyclic) bond motifs is 1. The van der Waals surface area contributed by atoms with Gasteiger partial charge >= 0.3 is 10.4 Å². The third kappa shape index (κ3) is 12.8. The van der Waals surface area contributed by atoms with Crippen LogP contribution < -0.4 is 10.5 Å². The molecule has 0 radical (unpaired) electrons. The molecule has 0 saturated heterocycles. The van der Waals surface area contributed by atoms with Gasteiger partial charge in [0.1, 0.15) is 28.5 Å². The lowest BCUT2D eigenvalue weighted by atomic mass is 10.1. The number of methoxy groups -OCH3 is 1. The first-order valence-electron chi connectivity index (χ1n) is 14.6. The summed E-state index contributed by atoms with van der Waals surface area (Å²) in [4.78, 5) is 6.34. The van der Waals surface area contributed by atoms with Crippen LogP contribution in [0.25, 0.3) is 10.8 Å². The van der Waals surface area contributed by atoms with E-state index in [1.54, 1.807) is 25.1 Å². The van der Waals surface area contributed by atoms with Gasteiger partial charge in [-0.05, 0) is 84.8 Å². The highest BCUT2D eigenvalue weighted by Gasteiger charge is 2.21. The Balaban J connectivity index is 0.00000841. The van der Waals surface area contributed by atoms with Crippen molar-refractivity contribution in [2.45, 2.75) is 19.6 Å². The number of nitrogens with zero attached hydrogens (tertiary/aromatic N) is 5. The number of nitrogens with two attached hydrogens (primary N) is 1. The molecular formula is C29H30N6O16S5. The molecule has 0 spiro atoms. The lowest BCUT2D eigenvalue weighted by Crippen LogP contribution is -2.21. The number of phenols is 1. The van der Waals surface area contributed by atoms with Gasteiger partial charge in [-0.3, -0.25) is 9.44 Å². The van der Waals surface area contributed by atoms with Crippen LogP contribution in [0.5, 0.6) is 11.5 Å². The number of hydrogen-bond acceptors (Lipinski definition) is 23. The zero-order valence-electron chi connectivity index (χ0n) is 28.7. The average Bonchev–Trinajstić information content (AvgIpc) is 3.14. The Morgan fingerprint density at radius 2 is 1.52 bits per heavy atom. The number of benzene rings is 4. The fourth-order valence-electron chi connectivity index (χ4n) is 4.23. The van der Waals surface area contributed by atoms with Gasteiger partial charge in [-0.1, -0.05) is 10.1 Å². The Kier molecular flexibility index (Phi) is 17.5. The van der Waals surface area contributed by atoms with Gasteiger partial charge in [0.05, 0.1) is 57.3 Å². The van der Waals surface area contributed by atoms with Gasteiger partial charge in [-0.2, -0.15) is 8.42 Å². The van der Waals surface area contributed by atoms with Crippen LogP contribution in [0, 0.1) is 11.4 Å². The summed E-state index contributed by atoms with van der Waals surface area (Å²) in [6.45, 7) is 0.267. The van der Waals surface area contributed by atoms with Gasteiger partial charge in [-0.15, -0.1) is 29.1 Å². The first-order valence-corrected chi connectivity index (χ1v) is 19.9. The van der Waals surface area contributed by atoms with Crippen LogP contribution in [0.2, 0.25) is 0 Å². The highest BCUT2D eigenvalue weighted by atomic mass is 32.3. The van der Waals surface area contributed by atoms with Crippen molar-refractivity contribution in [2.75, 3.05) is 39.2 Å². The highest BCUT2D eigenvalue weighted by molar-refractivity contribution is 8.04. The minimum absolute atomic E-state index is 0. The summed E-state index contributed by atoms with van der Waals surface area (Å²) in [6, 6.07) is 12.9. The molecule has 27 heteroatoms. The molecule has 0 aliphatic carbocycles. The third-order valence-electron chi connectivity index (χ3n) is 6.68. The minimum Gasteiger partial charge on any atom is -0.505 e. The van der Waals surface area contributed by atoms with E-state index in [2.05, 4.69) is 53.7 Å². The zero-order valence-corrected chi connectivity index (χ0v) is 32.8. The summed E-state index contributed by atoms with van der Waals surface area (Å²) in [7, 11) is -3.73. The maximum atomic E-state index is 12.9. The first kappa shape index (κ1) is 46.0. The molecule has 22 nitrogen and oxygen atoms in total. The Hall–Kier alpha value is -4.35. The van der Waals surface area contributed by atoms with Crippen LogP contribution >= 0.6 is 35.8 Å². The second kappa shape index (κ2) is 21.3. The smallest absolute Gasteiger partial charge is 0.433 e. The second-order valence-electron chi connectivity index (χ2n) is 10.5. The molecule has 4 rings (SSSR count). The highest BCUT2D eigenvalue weighted by Crippen LogP contribution is 2.48. The van der Waals surface area contributed by atoms with Crippen LogP contribution in [0.1, 0.15) is 0 Å². The van der Waals surface area contributed by atoms with Gasteiger partial charge in [-0.25, -0.2) is 18.9 Å². The van der Waals surface area contributed by atoms with Crippen molar-refractivity contribution in [1.29, 1.82) is 0 Å². The normalized spacial score (nSPS) is 11.9. The molecular weight excluding hydrogens is 849 g/mol. The lowest BCUT2D eigenvalue weighted by Gasteiger charge is -2.12. The Morgan fingerprint density at radius 3 is 2.18 bits per heavy atom. The molecule has 0 heterocycles. The summed E-state index contributed by atoms with van der Waals surface area (Å²) in [5.41, 5.74) is 6.49. The number of phenolic OH excluding ortho intramolecular Hbond substituents is 1. The van der Waals surface area contributed by atoms with E-state index in [9.17, 15) is 21.9 Å². The molecule has 0 saturated carbocycles. The Bertz CT molecular complexity index is 2360. The maximum absolute atomic E-state index is 12.9. The Labute approximate surface area is 330 Å². The largest absolute Gasteiger partial charge is 0.505 e. The van der Waals surface area contributed by atoms with Crippen LogP contribution in [0.3, 0.4) is 0 Å². The van der Waals surface area contributed by atoms with Crippen molar-refractivity contribution in [3.05, 3.63) is 54.6 Å². The molecule has 8 N–H and O–H groups in total. The number of ether oxygens (including phenoxy) is 1. The van der Waals surface area contributed by atoms with Gasteiger partial charge in [0.25, 0.3) is 0 Å². The maximum Gasteiger partial charge on any atom is 0.433 e. The van der Waals surface area contributed by atoms with E-state index in [1.165, 1.54) is 55.6 Å². The van der Waals surface area contributed by atoms with Crippen LogP contribution in [0.4, 0.5) is 28.4 Å². The van der Waals surface area contributed by atoms with Crippen LogP contribution in [-0.4, -0.2) is 80.9 Å². The third-order valence-corrected chi connectivity index (χ3v) is 10.5. The van der Waals surface area contributed by atoms with E-state index in [-0.39, 0.29) is 77.4 Å². The molecule has 0 amide bonds. The number of anilines is 1. The quantitative estimate of drug-likeness (QED) is 0.0110. The molecule has 0 aliphatic rings. The summed E-state index contributed by atoms with van der Waals surface area (Å²) in [5.74, 6) is -0.361. The van der Waals surface area contributed by atoms with Gasteiger partial charge in [0.15, 0.2) is 21.7 Å². The zero-order chi connectivity index (χ0) is 40.2.